The first-order valence-electron chi connectivity index (χ1n) is 6.59. The molecule has 3 heteroatoms. The van der Waals surface area contributed by atoms with Crippen molar-refractivity contribution in [3.63, 3.8) is 0 Å². The highest BCUT2D eigenvalue weighted by molar-refractivity contribution is 4.83. The molecule has 0 saturated carbocycles. The van der Waals surface area contributed by atoms with Gasteiger partial charge in [-0.15, -0.1) is 0 Å². The van der Waals surface area contributed by atoms with E-state index in [4.69, 9.17) is 15.2 Å². The minimum absolute atomic E-state index is 0.0666. The molecule has 3 nitrogen and oxygen atoms in total. The monoisotopic (exact) mass is 245 g/mol. The molecule has 0 aromatic rings. The molecule has 0 aromatic heterocycles. The summed E-state index contributed by atoms with van der Waals surface area (Å²) in [6.07, 6.45) is 1.01. The van der Waals surface area contributed by atoms with Gasteiger partial charge in [0.2, 0.25) is 0 Å². The van der Waals surface area contributed by atoms with Crippen molar-refractivity contribution in [3.8, 4) is 0 Å². The zero-order chi connectivity index (χ0) is 13.7. The highest BCUT2D eigenvalue weighted by Crippen LogP contribution is 2.25. The van der Waals surface area contributed by atoms with Gasteiger partial charge < -0.3 is 15.2 Å². The summed E-state index contributed by atoms with van der Waals surface area (Å²) in [6, 6.07) is 0.0876. The first kappa shape index (κ1) is 16.9. The average molecular weight is 245 g/mol. The number of hydrogen-bond acceptors (Lipinski definition) is 3. The first-order chi connectivity index (χ1) is 7.58. The molecule has 0 fully saturated rings. The summed E-state index contributed by atoms with van der Waals surface area (Å²) < 4.78 is 11.5. The van der Waals surface area contributed by atoms with Crippen molar-refractivity contribution in [1.29, 1.82) is 0 Å². The zero-order valence-electron chi connectivity index (χ0n) is 12.7. The van der Waals surface area contributed by atoms with Crippen LogP contribution in [-0.2, 0) is 9.47 Å². The fourth-order valence-electron chi connectivity index (χ4n) is 1.75. The van der Waals surface area contributed by atoms with E-state index >= 15 is 0 Å². The summed E-state index contributed by atoms with van der Waals surface area (Å²) in [5, 5.41) is 0. The van der Waals surface area contributed by atoms with Crippen LogP contribution >= 0.6 is 0 Å². The summed E-state index contributed by atoms with van der Waals surface area (Å²) in [7, 11) is 0. The Bertz CT molecular complexity index is 203. The number of hydrogen-bond donors (Lipinski definition) is 1. The van der Waals surface area contributed by atoms with Gasteiger partial charge in [0, 0.05) is 6.04 Å². The van der Waals surface area contributed by atoms with E-state index in [1.54, 1.807) is 0 Å². The molecule has 2 unspecified atom stereocenters. The van der Waals surface area contributed by atoms with E-state index in [-0.39, 0.29) is 23.2 Å². The van der Waals surface area contributed by atoms with Gasteiger partial charge >= 0.3 is 0 Å². The summed E-state index contributed by atoms with van der Waals surface area (Å²) in [5.74, 6) is 0. The van der Waals surface area contributed by atoms with Gasteiger partial charge in [0.05, 0.1) is 24.9 Å². The van der Waals surface area contributed by atoms with Crippen molar-refractivity contribution in [1.82, 2.24) is 0 Å². The maximum atomic E-state index is 6.11. The van der Waals surface area contributed by atoms with Crippen LogP contribution in [0.25, 0.3) is 0 Å². The summed E-state index contributed by atoms with van der Waals surface area (Å²) in [6.45, 7) is 16.0. The molecule has 2 atom stereocenters. The van der Waals surface area contributed by atoms with Gasteiger partial charge in [-0.25, -0.2) is 0 Å². The Hall–Kier alpha value is -0.120. The number of rotatable bonds is 6. The van der Waals surface area contributed by atoms with E-state index < -0.39 is 0 Å². The molecule has 0 saturated heterocycles. The van der Waals surface area contributed by atoms with Gasteiger partial charge in [0.15, 0.2) is 0 Å². The van der Waals surface area contributed by atoms with Gasteiger partial charge in [-0.1, -0.05) is 27.7 Å². The zero-order valence-corrected chi connectivity index (χ0v) is 12.7. The van der Waals surface area contributed by atoms with Gasteiger partial charge in [0.25, 0.3) is 0 Å². The SMILES string of the molecule is CCC(N)C(OCCOC(C)(C)C)C(C)(C)C. The maximum absolute atomic E-state index is 6.11. The lowest BCUT2D eigenvalue weighted by atomic mass is 9.84. The fraction of sp³-hybridized carbons (Fsp3) is 1.00. The predicted molar refractivity (Wildman–Crippen MR) is 73.2 cm³/mol. The van der Waals surface area contributed by atoms with Crippen LogP contribution < -0.4 is 5.73 Å². The summed E-state index contributed by atoms with van der Waals surface area (Å²) >= 11 is 0. The van der Waals surface area contributed by atoms with E-state index in [2.05, 4.69) is 27.7 Å². The molecular weight excluding hydrogens is 214 g/mol. The van der Waals surface area contributed by atoms with Crippen LogP contribution in [-0.4, -0.2) is 31.0 Å². The normalized spacial score (nSPS) is 16.9. The minimum atomic E-state index is -0.104. The fourth-order valence-corrected chi connectivity index (χ4v) is 1.75. The lowest BCUT2D eigenvalue weighted by Gasteiger charge is -2.35. The standard InChI is InChI=1S/C14H31NO2/c1-8-11(15)12(13(2,3)4)16-9-10-17-14(5,6)7/h11-12H,8-10,15H2,1-7H3. The first-order valence-corrected chi connectivity index (χ1v) is 6.59. The van der Waals surface area contributed by atoms with Gasteiger partial charge in [0.1, 0.15) is 0 Å². The van der Waals surface area contributed by atoms with Crippen molar-refractivity contribution in [2.24, 2.45) is 11.1 Å². The Morgan fingerprint density at radius 3 is 1.88 bits per heavy atom. The molecule has 2 N–H and O–H groups in total. The highest BCUT2D eigenvalue weighted by Gasteiger charge is 2.30. The molecule has 0 bridgehead atoms. The van der Waals surface area contributed by atoms with Crippen LogP contribution in [0, 0.1) is 5.41 Å². The molecule has 0 amide bonds. The third-order valence-electron chi connectivity index (χ3n) is 2.63. The second-order valence-corrected chi connectivity index (χ2v) is 6.69. The molecule has 0 aliphatic rings. The lowest BCUT2D eigenvalue weighted by molar-refractivity contribution is -0.0823. The van der Waals surface area contributed by atoms with Gasteiger partial charge in [-0.3, -0.25) is 0 Å². The molecular formula is C14H31NO2. The quantitative estimate of drug-likeness (QED) is 0.732. The average Bonchev–Trinajstić information content (AvgIpc) is 2.13. The van der Waals surface area contributed by atoms with Gasteiger partial charge in [-0.05, 0) is 32.6 Å². The molecule has 0 spiro atoms. The second kappa shape index (κ2) is 6.72. The minimum Gasteiger partial charge on any atom is -0.374 e. The Morgan fingerprint density at radius 1 is 1.00 bits per heavy atom. The second-order valence-electron chi connectivity index (χ2n) is 6.69. The van der Waals surface area contributed by atoms with Crippen molar-refractivity contribution in [2.75, 3.05) is 13.2 Å². The Labute approximate surface area is 107 Å². The van der Waals surface area contributed by atoms with Crippen LogP contribution in [0.1, 0.15) is 54.9 Å². The lowest BCUT2D eigenvalue weighted by Crippen LogP contribution is -2.45. The van der Waals surface area contributed by atoms with Crippen molar-refractivity contribution < 1.29 is 9.47 Å². The molecule has 0 aliphatic heterocycles. The van der Waals surface area contributed by atoms with Crippen LogP contribution in [0.2, 0.25) is 0 Å². The van der Waals surface area contributed by atoms with Crippen molar-refractivity contribution >= 4 is 0 Å². The van der Waals surface area contributed by atoms with Crippen molar-refractivity contribution in [2.45, 2.75) is 72.6 Å². The van der Waals surface area contributed by atoms with E-state index in [1.165, 1.54) is 0 Å². The molecule has 0 aliphatic carbocycles. The molecule has 0 heterocycles. The molecule has 0 radical (unpaired) electrons. The van der Waals surface area contributed by atoms with E-state index in [1.807, 2.05) is 20.8 Å². The largest absolute Gasteiger partial charge is 0.374 e. The van der Waals surface area contributed by atoms with Crippen LogP contribution in [0.15, 0.2) is 0 Å². The summed E-state index contributed by atoms with van der Waals surface area (Å²) in [4.78, 5) is 0. The van der Waals surface area contributed by atoms with E-state index in [9.17, 15) is 0 Å². The van der Waals surface area contributed by atoms with Crippen LogP contribution in [0.3, 0.4) is 0 Å². The Morgan fingerprint density at radius 2 is 1.53 bits per heavy atom. The number of ether oxygens (including phenoxy) is 2. The van der Waals surface area contributed by atoms with E-state index in [0.29, 0.717) is 13.2 Å². The summed E-state index contributed by atoms with van der Waals surface area (Å²) in [5.41, 5.74) is 6.07. The highest BCUT2D eigenvalue weighted by atomic mass is 16.5. The Kier molecular flexibility index (Phi) is 6.67. The van der Waals surface area contributed by atoms with Crippen molar-refractivity contribution in [3.05, 3.63) is 0 Å². The maximum Gasteiger partial charge on any atom is 0.0775 e. The van der Waals surface area contributed by atoms with Gasteiger partial charge in [-0.2, -0.15) is 0 Å². The van der Waals surface area contributed by atoms with Crippen LogP contribution in [0.5, 0.6) is 0 Å². The van der Waals surface area contributed by atoms with E-state index in [0.717, 1.165) is 6.42 Å². The third kappa shape index (κ3) is 7.74. The topological polar surface area (TPSA) is 44.5 Å². The van der Waals surface area contributed by atoms with Crippen LogP contribution in [0.4, 0.5) is 0 Å². The third-order valence-corrected chi connectivity index (χ3v) is 2.63. The molecule has 0 aromatic carbocycles. The Balaban J connectivity index is 4.11. The predicted octanol–water partition coefficient (Wildman–Crippen LogP) is 2.97. The molecule has 17 heavy (non-hydrogen) atoms. The number of nitrogens with two attached hydrogens (primary N) is 1. The smallest absolute Gasteiger partial charge is 0.0775 e. The molecule has 104 valence electrons. The molecule has 0 rings (SSSR count).